The van der Waals surface area contributed by atoms with Crippen molar-refractivity contribution in [3.05, 3.63) is 93.8 Å². The molecule has 0 amide bonds. The van der Waals surface area contributed by atoms with Crippen LogP contribution >= 0.6 is 0 Å². The van der Waals surface area contributed by atoms with Crippen molar-refractivity contribution in [2.45, 2.75) is 6.54 Å². The van der Waals surface area contributed by atoms with Gasteiger partial charge in [0, 0.05) is 18.7 Å². The number of fused-ring (bicyclic) bond motifs is 1. The lowest BCUT2D eigenvalue weighted by molar-refractivity contribution is 0.0314. The lowest BCUT2D eigenvalue weighted by Gasteiger charge is -2.25. The van der Waals surface area contributed by atoms with E-state index in [1.165, 1.54) is 0 Å². The highest BCUT2D eigenvalue weighted by molar-refractivity contribution is 6.13. The van der Waals surface area contributed by atoms with Crippen LogP contribution in [0.1, 0.15) is 21.7 Å². The first kappa shape index (κ1) is 19.5. The number of ketones is 1. The summed E-state index contributed by atoms with van der Waals surface area (Å²) in [5.41, 5.74) is 0.457. The molecule has 1 fully saturated rings. The number of nitrogens with zero attached hydrogens (tertiary/aromatic N) is 1. The summed E-state index contributed by atoms with van der Waals surface area (Å²) in [5.74, 6) is 0.878. The molecule has 3 heterocycles. The monoisotopic (exact) mass is 415 g/mol. The minimum absolute atomic E-state index is 0.0165. The molecule has 2 aromatic heterocycles. The van der Waals surface area contributed by atoms with Crippen LogP contribution in [0.3, 0.4) is 0 Å². The normalized spacial score (nSPS) is 14.7. The molecule has 2 aromatic carbocycles. The van der Waals surface area contributed by atoms with Crippen LogP contribution in [0.4, 0.5) is 0 Å². The molecule has 0 aliphatic carbocycles. The molecule has 0 saturated carbocycles. The zero-order valence-corrected chi connectivity index (χ0v) is 16.9. The molecule has 1 aliphatic heterocycles. The predicted molar refractivity (Wildman–Crippen MR) is 116 cm³/mol. The Labute approximate surface area is 178 Å². The smallest absolute Gasteiger partial charge is 0.204 e. The fourth-order valence-electron chi connectivity index (χ4n) is 3.82. The van der Waals surface area contributed by atoms with Gasteiger partial charge in [-0.2, -0.15) is 0 Å². The van der Waals surface area contributed by atoms with E-state index in [0.717, 1.165) is 18.8 Å². The van der Waals surface area contributed by atoms with Gasteiger partial charge in [0.2, 0.25) is 11.2 Å². The minimum Gasteiger partial charge on any atom is -0.456 e. The Bertz CT molecular complexity index is 1280. The summed E-state index contributed by atoms with van der Waals surface area (Å²) in [6.45, 7) is 3.69. The van der Waals surface area contributed by atoms with Crippen LogP contribution in [0.15, 0.2) is 80.4 Å². The molecule has 5 rings (SSSR count). The Balaban J connectivity index is 1.61. The molecule has 0 atom stereocenters. The average Bonchev–Trinajstić information content (AvgIpc) is 3.28. The quantitative estimate of drug-likeness (QED) is 0.457. The van der Waals surface area contributed by atoms with E-state index < -0.39 is 0 Å². The number of morpholine rings is 1. The van der Waals surface area contributed by atoms with Gasteiger partial charge in [0.05, 0.1) is 25.1 Å². The molecule has 0 unspecified atom stereocenters. The molecule has 1 aliphatic rings. The molecule has 6 heteroatoms. The minimum atomic E-state index is -0.388. The lowest BCUT2D eigenvalue weighted by atomic mass is 9.99. The van der Waals surface area contributed by atoms with E-state index >= 15 is 0 Å². The summed E-state index contributed by atoms with van der Waals surface area (Å²) in [6, 6.07) is 19.3. The molecule has 31 heavy (non-hydrogen) atoms. The van der Waals surface area contributed by atoms with Crippen LogP contribution < -0.4 is 5.43 Å². The highest BCUT2D eigenvalue weighted by atomic mass is 16.5. The number of carbonyl (C=O) groups is 1. The first-order valence-electron chi connectivity index (χ1n) is 10.3. The van der Waals surface area contributed by atoms with Crippen LogP contribution in [-0.2, 0) is 11.3 Å². The van der Waals surface area contributed by atoms with Gasteiger partial charge in [-0.05, 0) is 24.3 Å². The van der Waals surface area contributed by atoms with Gasteiger partial charge < -0.3 is 13.6 Å². The number of hydrogen-bond acceptors (Lipinski definition) is 6. The third-order valence-corrected chi connectivity index (χ3v) is 5.43. The average molecular weight is 415 g/mol. The van der Waals surface area contributed by atoms with E-state index in [-0.39, 0.29) is 22.5 Å². The summed E-state index contributed by atoms with van der Waals surface area (Å²) < 4.78 is 17.5. The third kappa shape index (κ3) is 3.83. The van der Waals surface area contributed by atoms with Gasteiger partial charge in [-0.25, -0.2) is 0 Å². The van der Waals surface area contributed by atoms with E-state index in [4.69, 9.17) is 13.6 Å². The maximum absolute atomic E-state index is 13.3. The standard InChI is InChI=1S/C25H21NO5/c27-23(17-6-2-1-3-7-17)22-24(28)19-8-4-5-9-20(19)31-25(22)21-11-10-18(30-21)16-26-12-14-29-15-13-26/h1-11H,12-16H2. The van der Waals surface area contributed by atoms with Crippen molar-refractivity contribution in [3.8, 4) is 11.5 Å². The van der Waals surface area contributed by atoms with Gasteiger partial charge in [-0.1, -0.05) is 42.5 Å². The van der Waals surface area contributed by atoms with Crippen molar-refractivity contribution in [1.82, 2.24) is 4.90 Å². The van der Waals surface area contributed by atoms with Gasteiger partial charge in [0.15, 0.2) is 11.5 Å². The molecule has 4 aromatic rings. The predicted octanol–water partition coefficient (Wildman–Crippen LogP) is 4.12. The zero-order valence-electron chi connectivity index (χ0n) is 16.9. The second-order valence-electron chi connectivity index (χ2n) is 7.48. The highest BCUT2D eigenvalue weighted by Crippen LogP contribution is 2.29. The lowest BCUT2D eigenvalue weighted by Crippen LogP contribution is -2.35. The molecule has 6 nitrogen and oxygen atoms in total. The number of hydrogen-bond donors (Lipinski definition) is 0. The summed E-state index contributed by atoms with van der Waals surface area (Å²) in [6.07, 6.45) is 0. The van der Waals surface area contributed by atoms with E-state index in [0.29, 0.717) is 42.1 Å². The van der Waals surface area contributed by atoms with Crippen molar-refractivity contribution in [2.75, 3.05) is 26.3 Å². The summed E-state index contributed by atoms with van der Waals surface area (Å²) in [4.78, 5) is 28.9. The zero-order chi connectivity index (χ0) is 21.2. The maximum atomic E-state index is 13.3. The van der Waals surface area contributed by atoms with E-state index in [1.807, 2.05) is 12.1 Å². The second kappa shape index (κ2) is 8.34. The molecular weight excluding hydrogens is 394 g/mol. The largest absolute Gasteiger partial charge is 0.456 e. The maximum Gasteiger partial charge on any atom is 0.204 e. The van der Waals surface area contributed by atoms with Crippen LogP contribution in [-0.4, -0.2) is 37.0 Å². The Morgan fingerprint density at radius 2 is 1.61 bits per heavy atom. The molecule has 0 N–H and O–H groups in total. The topological polar surface area (TPSA) is 72.9 Å². The van der Waals surface area contributed by atoms with Crippen molar-refractivity contribution in [3.63, 3.8) is 0 Å². The summed E-state index contributed by atoms with van der Waals surface area (Å²) in [5, 5.41) is 0.366. The Kier molecular flexibility index (Phi) is 5.24. The molecule has 0 bridgehead atoms. The number of para-hydroxylation sites is 1. The molecular formula is C25H21NO5. The fourth-order valence-corrected chi connectivity index (χ4v) is 3.82. The molecule has 0 radical (unpaired) electrons. The van der Waals surface area contributed by atoms with Crippen LogP contribution in [0.25, 0.3) is 22.5 Å². The Morgan fingerprint density at radius 3 is 2.42 bits per heavy atom. The highest BCUT2D eigenvalue weighted by Gasteiger charge is 2.25. The number of ether oxygens (including phenoxy) is 1. The van der Waals surface area contributed by atoms with Crippen molar-refractivity contribution in [2.24, 2.45) is 0 Å². The molecule has 1 saturated heterocycles. The van der Waals surface area contributed by atoms with Crippen LogP contribution in [0.2, 0.25) is 0 Å². The third-order valence-electron chi connectivity index (χ3n) is 5.43. The summed E-state index contributed by atoms with van der Waals surface area (Å²) in [7, 11) is 0. The van der Waals surface area contributed by atoms with E-state index in [2.05, 4.69) is 4.90 Å². The number of furan rings is 1. The number of rotatable bonds is 5. The Morgan fingerprint density at radius 1 is 0.871 bits per heavy atom. The van der Waals surface area contributed by atoms with Crippen LogP contribution in [0.5, 0.6) is 0 Å². The van der Waals surface area contributed by atoms with Crippen molar-refractivity contribution >= 4 is 16.8 Å². The van der Waals surface area contributed by atoms with Crippen molar-refractivity contribution in [1.29, 1.82) is 0 Å². The first-order valence-corrected chi connectivity index (χ1v) is 10.3. The number of benzene rings is 2. The van der Waals surface area contributed by atoms with E-state index in [9.17, 15) is 9.59 Å². The molecule has 0 spiro atoms. The molecule has 156 valence electrons. The van der Waals surface area contributed by atoms with Gasteiger partial charge in [0.25, 0.3) is 0 Å². The Hall–Kier alpha value is -3.48. The van der Waals surface area contributed by atoms with Crippen molar-refractivity contribution < 1.29 is 18.4 Å². The van der Waals surface area contributed by atoms with Gasteiger partial charge in [-0.15, -0.1) is 0 Å². The second-order valence-corrected chi connectivity index (χ2v) is 7.48. The van der Waals surface area contributed by atoms with E-state index in [1.54, 1.807) is 54.6 Å². The fraction of sp³-hybridized carbons (Fsp3) is 0.200. The van der Waals surface area contributed by atoms with Gasteiger partial charge >= 0.3 is 0 Å². The van der Waals surface area contributed by atoms with Crippen LogP contribution in [0, 0.1) is 0 Å². The summed E-state index contributed by atoms with van der Waals surface area (Å²) >= 11 is 0. The first-order chi connectivity index (χ1) is 15.2. The van der Waals surface area contributed by atoms with Gasteiger partial charge in [-0.3, -0.25) is 14.5 Å². The number of carbonyl (C=O) groups excluding carboxylic acids is 1. The SMILES string of the molecule is O=C(c1ccccc1)c1c(-c2ccc(CN3CCOCC3)o2)oc2ccccc2c1=O. The van der Waals surface area contributed by atoms with Gasteiger partial charge in [0.1, 0.15) is 16.9 Å².